The zero-order chi connectivity index (χ0) is 10.1. The molecule has 0 amide bonds. The SMILES string of the molecule is CCCC(C)C1=C[C@H]2CC(C1)CC2C. The molecule has 2 aliphatic rings. The Kier molecular flexibility index (Phi) is 2.99. The third-order valence-corrected chi connectivity index (χ3v) is 4.35. The van der Waals surface area contributed by atoms with Crippen LogP contribution in [0, 0.1) is 23.7 Å². The lowest BCUT2D eigenvalue weighted by Crippen LogP contribution is -2.11. The van der Waals surface area contributed by atoms with Gasteiger partial charge in [0.1, 0.15) is 0 Å². The van der Waals surface area contributed by atoms with Crippen LogP contribution in [0.25, 0.3) is 0 Å². The summed E-state index contributed by atoms with van der Waals surface area (Å²) >= 11 is 0. The van der Waals surface area contributed by atoms with E-state index in [1.807, 2.05) is 0 Å². The van der Waals surface area contributed by atoms with Crippen molar-refractivity contribution in [1.29, 1.82) is 0 Å². The summed E-state index contributed by atoms with van der Waals surface area (Å²) in [6.45, 7) is 7.16. The molecule has 2 bridgehead atoms. The van der Waals surface area contributed by atoms with Gasteiger partial charge in [0.25, 0.3) is 0 Å². The fourth-order valence-electron chi connectivity index (χ4n) is 3.47. The van der Waals surface area contributed by atoms with Crippen molar-refractivity contribution in [3.05, 3.63) is 11.6 Å². The molecular formula is C14H24. The highest BCUT2D eigenvalue weighted by Gasteiger charge is 2.34. The van der Waals surface area contributed by atoms with Crippen molar-refractivity contribution in [2.75, 3.05) is 0 Å². The summed E-state index contributed by atoms with van der Waals surface area (Å²) in [4.78, 5) is 0. The Morgan fingerprint density at radius 1 is 1.43 bits per heavy atom. The molecule has 3 unspecified atom stereocenters. The van der Waals surface area contributed by atoms with Crippen LogP contribution in [0.3, 0.4) is 0 Å². The van der Waals surface area contributed by atoms with Gasteiger partial charge in [-0.15, -0.1) is 0 Å². The lowest BCUT2D eigenvalue weighted by atomic mass is 9.82. The average Bonchev–Trinajstić information content (AvgIpc) is 2.41. The van der Waals surface area contributed by atoms with Gasteiger partial charge < -0.3 is 0 Å². The van der Waals surface area contributed by atoms with Gasteiger partial charge in [0.05, 0.1) is 0 Å². The van der Waals surface area contributed by atoms with Gasteiger partial charge in [-0.2, -0.15) is 0 Å². The molecule has 0 heteroatoms. The second-order valence-electron chi connectivity index (χ2n) is 5.61. The van der Waals surface area contributed by atoms with E-state index >= 15 is 0 Å². The maximum Gasteiger partial charge on any atom is -0.0202 e. The number of rotatable bonds is 3. The summed E-state index contributed by atoms with van der Waals surface area (Å²) in [7, 11) is 0. The normalized spacial score (nSPS) is 38.2. The highest BCUT2D eigenvalue weighted by molar-refractivity contribution is 5.16. The smallest absolute Gasteiger partial charge is 0.0202 e. The summed E-state index contributed by atoms with van der Waals surface area (Å²) in [6, 6.07) is 0. The third kappa shape index (κ3) is 1.89. The molecule has 0 saturated heterocycles. The van der Waals surface area contributed by atoms with Crippen molar-refractivity contribution in [2.24, 2.45) is 23.7 Å². The minimum atomic E-state index is 0.857. The molecule has 0 aromatic carbocycles. The van der Waals surface area contributed by atoms with E-state index in [1.165, 1.54) is 32.1 Å². The van der Waals surface area contributed by atoms with E-state index in [2.05, 4.69) is 26.8 Å². The van der Waals surface area contributed by atoms with Crippen molar-refractivity contribution in [1.82, 2.24) is 0 Å². The number of allylic oxidation sites excluding steroid dienone is 2. The molecule has 1 saturated carbocycles. The topological polar surface area (TPSA) is 0 Å². The highest BCUT2D eigenvalue weighted by Crippen LogP contribution is 2.46. The molecule has 0 aromatic rings. The molecule has 0 aromatic heterocycles. The molecule has 0 spiro atoms. The number of hydrogen-bond acceptors (Lipinski definition) is 0. The number of fused-ring (bicyclic) bond motifs is 2. The molecular weight excluding hydrogens is 168 g/mol. The summed E-state index contributed by atoms with van der Waals surface area (Å²) in [5, 5.41) is 0. The van der Waals surface area contributed by atoms with Crippen LogP contribution < -0.4 is 0 Å². The Bertz CT molecular complexity index is 226. The maximum atomic E-state index is 2.63. The fraction of sp³-hybridized carbons (Fsp3) is 0.857. The minimum Gasteiger partial charge on any atom is -0.0817 e. The average molecular weight is 192 g/mol. The van der Waals surface area contributed by atoms with Crippen molar-refractivity contribution in [3.63, 3.8) is 0 Å². The van der Waals surface area contributed by atoms with Crippen molar-refractivity contribution in [3.8, 4) is 0 Å². The van der Waals surface area contributed by atoms with Gasteiger partial charge in [0.15, 0.2) is 0 Å². The van der Waals surface area contributed by atoms with Crippen LogP contribution in [0.2, 0.25) is 0 Å². The Labute approximate surface area is 88.8 Å². The molecule has 0 N–H and O–H groups in total. The van der Waals surface area contributed by atoms with Gasteiger partial charge in [-0.3, -0.25) is 0 Å². The van der Waals surface area contributed by atoms with Crippen LogP contribution >= 0.6 is 0 Å². The zero-order valence-corrected chi connectivity index (χ0v) is 9.92. The van der Waals surface area contributed by atoms with E-state index in [0.717, 1.165) is 23.7 Å². The Balaban J connectivity index is 2.04. The van der Waals surface area contributed by atoms with Crippen LogP contribution in [-0.2, 0) is 0 Å². The predicted octanol–water partition coefficient (Wildman–Crippen LogP) is 4.42. The van der Waals surface area contributed by atoms with Crippen LogP contribution in [0.15, 0.2) is 11.6 Å². The van der Waals surface area contributed by atoms with Crippen molar-refractivity contribution < 1.29 is 0 Å². The minimum absolute atomic E-state index is 0.857. The molecule has 4 atom stereocenters. The molecule has 0 aliphatic heterocycles. The van der Waals surface area contributed by atoms with Gasteiger partial charge >= 0.3 is 0 Å². The van der Waals surface area contributed by atoms with Crippen LogP contribution in [-0.4, -0.2) is 0 Å². The Morgan fingerprint density at radius 3 is 2.86 bits per heavy atom. The molecule has 14 heavy (non-hydrogen) atoms. The summed E-state index contributed by atoms with van der Waals surface area (Å²) in [5.74, 6) is 3.79. The second-order valence-corrected chi connectivity index (χ2v) is 5.61. The van der Waals surface area contributed by atoms with E-state index in [-0.39, 0.29) is 0 Å². The number of hydrogen-bond donors (Lipinski definition) is 0. The lowest BCUT2D eigenvalue weighted by molar-refractivity contribution is 0.451. The molecule has 80 valence electrons. The van der Waals surface area contributed by atoms with Gasteiger partial charge in [0.2, 0.25) is 0 Å². The van der Waals surface area contributed by atoms with Crippen LogP contribution in [0.1, 0.15) is 52.9 Å². The van der Waals surface area contributed by atoms with E-state index in [0.29, 0.717) is 0 Å². The van der Waals surface area contributed by atoms with E-state index < -0.39 is 0 Å². The molecule has 0 radical (unpaired) electrons. The first kappa shape index (κ1) is 10.3. The highest BCUT2D eigenvalue weighted by atomic mass is 14.4. The quantitative estimate of drug-likeness (QED) is 0.581. The molecule has 1 fully saturated rings. The monoisotopic (exact) mass is 192 g/mol. The molecule has 0 heterocycles. The first-order valence-electron chi connectivity index (χ1n) is 6.41. The van der Waals surface area contributed by atoms with Crippen LogP contribution in [0.5, 0.6) is 0 Å². The summed E-state index contributed by atoms with van der Waals surface area (Å²) < 4.78 is 0. The van der Waals surface area contributed by atoms with Gasteiger partial charge in [0, 0.05) is 0 Å². The summed E-state index contributed by atoms with van der Waals surface area (Å²) in [5.41, 5.74) is 1.79. The van der Waals surface area contributed by atoms with Gasteiger partial charge in [-0.25, -0.2) is 0 Å². The second kappa shape index (κ2) is 4.08. The van der Waals surface area contributed by atoms with Crippen molar-refractivity contribution in [2.45, 2.75) is 52.9 Å². The zero-order valence-electron chi connectivity index (χ0n) is 9.92. The summed E-state index contributed by atoms with van der Waals surface area (Å²) in [6.07, 6.45) is 9.76. The van der Waals surface area contributed by atoms with E-state index in [9.17, 15) is 0 Å². The van der Waals surface area contributed by atoms with Gasteiger partial charge in [-0.05, 0) is 49.4 Å². The third-order valence-electron chi connectivity index (χ3n) is 4.35. The fourth-order valence-corrected chi connectivity index (χ4v) is 3.47. The standard InChI is InChI=1S/C14H24/c1-4-5-10(2)13-7-12-6-11(3)14(8-12)9-13/h9-12,14H,4-8H2,1-3H3/t10?,11?,12?,14-/m1/s1. The van der Waals surface area contributed by atoms with Gasteiger partial charge in [-0.1, -0.05) is 38.8 Å². The Morgan fingerprint density at radius 2 is 2.21 bits per heavy atom. The van der Waals surface area contributed by atoms with E-state index in [1.54, 1.807) is 5.57 Å². The van der Waals surface area contributed by atoms with Crippen LogP contribution in [0.4, 0.5) is 0 Å². The largest absolute Gasteiger partial charge is 0.0817 e. The predicted molar refractivity (Wildman–Crippen MR) is 62.2 cm³/mol. The lowest BCUT2D eigenvalue weighted by Gasteiger charge is -2.24. The van der Waals surface area contributed by atoms with Crippen molar-refractivity contribution >= 4 is 0 Å². The van der Waals surface area contributed by atoms with E-state index in [4.69, 9.17) is 0 Å². The first-order chi connectivity index (χ1) is 6.70. The first-order valence-corrected chi connectivity index (χ1v) is 6.41. The maximum absolute atomic E-state index is 2.63. The molecule has 0 nitrogen and oxygen atoms in total. The molecule has 2 aliphatic carbocycles. The molecule has 2 rings (SSSR count). The Hall–Kier alpha value is -0.260.